The summed E-state index contributed by atoms with van der Waals surface area (Å²) in [4.78, 5) is 28.3. The van der Waals surface area contributed by atoms with Crippen molar-refractivity contribution in [2.24, 2.45) is 0 Å². The summed E-state index contributed by atoms with van der Waals surface area (Å²) in [7, 11) is 4.11. The summed E-state index contributed by atoms with van der Waals surface area (Å²) in [6.07, 6.45) is 5.01. The van der Waals surface area contributed by atoms with E-state index < -0.39 is 0 Å². The maximum absolute atomic E-state index is 13.5. The molecule has 1 N–H and O–H groups in total. The number of rotatable bonds is 10. The second-order valence-corrected chi connectivity index (χ2v) is 10.9. The van der Waals surface area contributed by atoms with E-state index in [0.29, 0.717) is 30.1 Å². The molecule has 1 aliphatic carbocycles. The van der Waals surface area contributed by atoms with Crippen molar-refractivity contribution in [1.82, 2.24) is 14.8 Å². The predicted octanol–water partition coefficient (Wildman–Crippen LogP) is 5.56. The highest BCUT2D eigenvalue weighted by atomic mass is 16.5. The van der Waals surface area contributed by atoms with Crippen LogP contribution < -0.4 is 15.6 Å². The Labute approximate surface area is 230 Å². The molecule has 0 atom stereocenters. The van der Waals surface area contributed by atoms with E-state index in [2.05, 4.69) is 30.4 Å². The number of carbonyl (C=O) groups excluding carboxylic acids is 1. The molecule has 1 amide bonds. The van der Waals surface area contributed by atoms with Crippen molar-refractivity contribution in [3.63, 3.8) is 0 Å². The fourth-order valence-electron chi connectivity index (χ4n) is 4.93. The van der Waals surface area contributed by atoms with Gasteiger partial charge in [0.05, 0.1) is 13.2 Å². The molecule has 6 nitrogen and oxygen atoms in total. The minimum atomic E-state index is -0.0263. The van der Waals surface area contributed by atoms with Crippen molar-refractivity contribution in [3.8, 4) is 16.9 Å². The quantitative estimate of drug-likeness (QED) is 0.277. The van der Waals surface area contributed by atoms with Gasteiger partial charge < -0.3 is 19.5 Å². The Bertz CT molecular complexity index is 1570. The van der Waals surface area contributed by atoms with Gasteiger partial charge in [-0.25, -0.2) is 0 Å². The number of carbonyl (C=O) groups is 1. The van der Waals surface area contributed by atoms with Crippen LogP contribution in [0.15, 0.2) is 71.7 Å². The highest BCUT2D eigenvalue weighted by Gasteiger charge is 2.24. The van der Waals surface area contributed by atoms with Gasteiger partial charge in [-0.2, -0.15) is 0 Å². The molecule has 1 aliphatic rings. The second kappa shape index (κ2) is 11.5. The van der Waals surface area contributed by atoms with E-state index in [-0.39, 0.29) is 11.5 Å². The third kappa shape index (κ3) is 6.40. The number of pyridine rings is 1. The molecule has 3 aromatic carbocycles. The molecule has 0 aliphatic heterocycles. The maximum Gasteiger partial charge on any atom is 0.258 e. The van der Waals surface area contributed by atoms with Crippen LogP contribution in [0.5, 0.6) is 5.75 Å². The average Bonchev–Trinajstić information content (AvgIpc) is 3.74. The number of amides is 1. The number of fused-ring (bicyclic) bond motifs is 1. The van der Waals surface area contributed by atoms with Crippen molar-refractivity contribution in [3.05, 3.63) is 99.5 Å². The topological polar surface area (TPSA) is 63.6 Å². The molecule has 1 saturated carbocycles. The van der Waals surface area contributed by atoms with Gasteiger partial charge in [0.2, 0.25) is 0 Å². The highest BCUT2D eigenvalue weighted by Crippen LogP contribution is 2.29. The van der Waals surface area contributed by atoms with Crippen molar-refractivity contribution < 1.29 is 9.53 Å². The normalized spacial score (nSPS) is 13.2. The molecule has 1 aromatic heterocycles. The smallest absolute Gasteiger partial charge is 0.258 e. The Morgan fingerprint density at radius 2 is 1.82 bits per heavy atom. The van der Waals surface area contributed by atoms with E-state index >= 15 is 0 Å². The lowest BCUT2D eigenvalue weighted by Gasteiger charge is -2.14. The van der Waals surface area contributed by atoms with Crippen LogP contribution in [-0.2, 0) is 6.54 Å². The van der Waals surface area contributed by atoms with Crippen LogP contribution in [0.2, 0.25) is 0 Å². The molecule has 5 rings (SSSR count). The Morgan fingerprint density at radius 1 is 1.00 bits per heavy atom. The standard InChI is InChI=1S/C33H37N3O3/c1-22-9-10-26(32(37)34-27-12-13-27)19-30(22)25-11-14-29-31(18-25)23(2)20-36(33(29)38)21-24-7-5-8-28(17-24)39-16-6-15-35(3)4/h5,7-11,14,17-20,27H,6,12-13,15-16,21H2,1-4H3,(H,34,37). The first kappa shape index (κ1) is 26.7. The zero-order chi connectivity index (χ0) is 27.5. The minimum absolute atomic E-state index is 0.0197. The number of hydrogen-bond acceptors (Lipinski definition) is 4. The van der Waals surface area contributed by atoms with Crippen LogP contribution in [0.25, 0.3) is 21.9 Å². The van der Waals surface area contributed by atoms with Gasteiger partial charge in [0.15, 0.2) is 0 Å². The molecular formula is C33H37N3O3. The first-order valence-electron chi connectivity index (χ1n) is 13.7. The number of nitrogens with zero attached hydrogens (tertiary/aromatic N) is 2. The summed E-state index contributed by atoms with van der Waals surface area (Å²) in [6.45, 7) is 6.20. The van der Waals surface area contributed by atoms with Gasteiger partial charge in [0, 0.05) is 29.7 Å². The number of nitrogens with one attached hydrogen (secondary N) is 1. The molecule has 0 bridgehead atoms. The summed E-state index contributed by atoms with van der Waals surface area (Å²) in [5, 5.41) is 4.69. The molecule has 6 heteroatoms. The maximum atomic E-state index is 13.5. The van der Waals surface area contributed by atoms with Crippen LogP contribution in [-0.4, -0.2) is 48.7 Å². The van der Waals surface area contributed by atoms with Gasteiger partial charge in [0.1, 0.15) is 5.75 Å². The van der Waals surface area contributed by atoms with Crippen molar-refractivity contribution >= 4 is 16.7 Å². The van der Waals surface area contributed by atoms with Gasteiger partial charge in [-0.05, 0) is 117 Å². The Kier molecular flexibility index (Phi) is 7.84. The Hall–Kier alpha value is -3.90. The monoisotopic (exact) mass is 523 g/mol. The fraction of sp³-hybridized carbons (Fsp3) is 0.333. The lowest BCUT2D eigenvalue weighted by molar-refractivity contribution is 0.0951. The van der Waals surface area contributed by atoms with Gasteiger partial charge in [0.25, 0.3) is 11.5 Å². The summed E-state index contributed by atoms with van der Waals surface area (Å²) < 4.78 is 7.70. The van der Waals surface area contributed by atoms with Gasteiger partial charge in [-0.3, -0.25) is 9.59 Å². The van der Waals surface area contributed by atoms with Crippen LogP contribution >= 0.6 is 0 Å². The lowest BCUT2D eigenvalue weighted by Crippen LogP contribution is -2.25. The average molecular weight is 524 g/mol. The number of aryl methyl sites for hydroxylation is 2. The molecule has 0 spiro atoms. The molecule has 0 radical (unpaired) electrons. The summed E-state index contributed by atoms with van der Waals surface area (Å²) in [6, 6.07) is 20.1. The molecule has 0 unspecified atom stereocenters. The third-order valence-corrected chi connectivity index (χ3v) is 7.28. The van der Waals surface area contributed by atoms with E-state index in [1.54, 1.807) is 4.57 Å². The minimum Gasteiger partial charge on any atom is -0.494 e. The number of hydrogen-bond donors (Lipinski definition) is 1. The van der Waals surface area contributed by atoms with E-state index in [4.69, 9.17) is 4.74 Å². The molecule has 202 valence electrons. The third-order valence-electron chi connectivity index (χ3n) is 7.28. The number of benzene rings is 3. The van der Waals surface area contributed by atoms with E-state index in [0.717, 1.165) is 64.8 Å². The zero-order valence-corrected chi connectivity index (χ0v) is 23.3. The van der Waals surface area contributed by atoms with Crippen LogP contribution in [0, 0.1) is 13.8 Å². The zero-order valence-electron chi connectivity index (χ0n) is 23.3. The van der Waals surface area contributed by atoms with E-state index in [9.17, 15) is 9.59 Å². The summed E-state index contributed by atoms with van der Waals surface area (Å²) in [5.41, 5.74) is 5.79. The van der Waals surface area contributed by atoms with Crippen molar-refractivity contribution in [2.75, 3.05) is 27.2 Å². The molecule has 39 heavy (non-hydrogen) atoms. The van der Waals surface area contributed by atoms with Crippen LogP contribution in [0.4, 0.5) is 0 Å². The van der Waals surface area contributed by atoms with Crippen LogP contribution in [0.3, 0.4) is 0 Å². The SMILES string of the molecule is Cc1ccc(C(=O)NC2CC2)cc1-c1ccc2c(=O)n(Cc3cccc(OCCCN(C)C)c3)cc(C)c2c1. The molecule has 1 fully saturated rings. The number of aromatic nitrogens is 1. The van der Waals surface area contributed by atoms with Gasteiger partial charge in [-0.15, -0.1) is 0 Å². The first-order valence-corrected chi connectivity index (χ1v) is 13.7. The molecule has 0 saturated heterocycles. The van der Waals surface area contributed by atoms with Crippen molar-refractivity contribution in [1.29, 1.82) is 0 Å². The molecule has 4 aromatic rings. The highest BCUT2D eigenvalue weighted by molar-refractivity contribution is 5.97. The predicted molar refractivity (Wildman–Crippen MR) is 158 cm³/mol. The van der Waals surface area contributed by atoms with Gasteiger partial charge >= 0.3 is 0 Å². The molecular weight excluding hydrogens is 486 g/mol. The summed E-state index contributed by atoms with van der Waals surface area (Å²) in [5.74, 6) is 0.798. The Morgan fingerprint density at radius 3 is 2.59 bits per heavy atom. The second-order valence-electron chi connectivity index (χ2n) is 10.9. The summed E-state index contributed by atoms with van der Waals surface area (Å²) >= 11 is 0. The molecule has 1 heterocycles. The number of ether oxygens (including phenoxy) is 1. The largest absolute Gasteiger partial charge is 0.494 e. The van der Waals surface area contributed by atoms with Crippen molar-refractivity contribution in [2.45, 2.75) is 45.7 Å². The van der Waals surface area contributed by atoms with Crippen LogP contribution in [0.1, 0.15) is 46.3 Å². The van der Waals surface area contributed by atoms with E-state index in [1.165, 1.54) is 0 Å². The fourth-order valence-corrected chi connectivity index (χ4v) is 4.93. The first-order chi connectivity index (χ1) is 18.8. The van der Waals surface area contributed by atoms with E-state index in [1.807, 2.05) is 74.6 Å². The van der Waals surface area contributed by atoms with Gasteiger partial charge in [-0.1, -0.05) is 24.3 Å². The lowest BCUT2D eigenvalue weighted by atomic mass is 9.95. The Balaban J connectivity index is 1.39.